The fourth-order valence-electron chi connectivity index (χ4n) is 1.49. The molecule has 0 heterocycles. The van der Waals surface area contributed by atoms with Crippen molar-refractivity contribution < 1.29 is 15.1 Å². The van der Waals surface area contributed by atoms with Crippen LogP contribution in [0.25, 0.3) is 0 Å². The molecule has 0 spiro atoms. The summed E-state index contributed by atoms with van der Waals surface area (Å²) in [7, 11) is 0. The van der Waals surface area contributed by atoms with Crippen molar-refractivity contribution in [3.8, 4) is 0 Å². The van der Waals surface area contributed by atoms with Crippen LogP contribution in [-0.4, -0.2) is 33.9 Å². The molecule has 7 heteroatoms. The number of anilines is 1. The molecule has 0 aliphatic heterocycles. The summed E-state index contributed by atoms with van der Waals surface area (Å²) >= 11 is 1.99. The average Bonchev–Trinajstić information content (AvgIpc) is 2.37. The van der Waals surface area contributed by atoms with Gasteiger partial charge in [0, 0.05) is 9.64 Å². The fourth-order valence-corrected chi connectivity index (χ4v) is 1.96. The van der Waals surface area contributed by atoms with E-state index in [4.69, 9.17) is 0 Å². The Morgan fingerprint density at radius 2 is 2.06 bits per heavy atom. The van der Waals surface area contributed by atoms with Gasteiger partial charge in [0.1, 0.15) is 5.69 Å². The maximum Gasteiger partial charge on any atom is 0.293 e. The van der Waals surface area contributed by atoms with Gasteiger partial charge in [-0.15, -0.1) is 0 Å². The molecule has 0 saturated heterocycles. The van der Waals surface area contributed by atoms with Gasteiger partial charge in [0.15, 0.2) is 0 Å². The highest BCUT2D eigenvalue weighted by Gasteiger charge is 2.29. The van der Waals surface area contributed by atoms with Gasteiger partial charge in [0.2, 0.25) is 0 Å². The number of aliphatic hydroxyl groups is 2. The number of halogens is 1. The second-order valence-corrected chi connectivity index (χ2v) is 5.24. The molecule has 6 nitrogen and oxygen atoms in total. The highest BCUT2D eigenvalue weighted by Crippen LogP contribution is 2.29. The van der Waals surface area contributed by atoms with E-state index in [1.807, 2.05) is 22.6 Å². The Labute approximate surface area is 118 Å². The number of benzene rings is 1. The van der Waals surface area contributed by atoms with Crippen LogP contribution in [0.3, 0.4) is 0 Å². The highest BCUT2D eigenvalue weighted by atomic mass is 127. The molecule has 0 unspecified atom stereocenters. The van der Waals surface area contributed by atoms with Crippen LogP contribution in [0.2, 0.25) is 0 Å². The Bertz CT molecular complexity index is 427. The molecule has 0 radical (unpaired) electrons. The molecule has 0 aromatic heterocycles. The summed E-state index contributed by atoms with van der Waals surface area (Å²) in [6.07, 6.45) is 0.448. The zero-order chi connectivity index (χ0) is 13.8. The number of aliphatic hydroxyl groups excluding tert-OH is 2. The van der Waals surface area contributed by atoms with Crippen molar-refractivity contribution >= 4 is 34.0 Å². The summed E-state index contributed by atoms with van der Waals surface area (Å²) in [4.78, 5) is 10.5. The monoisotopic (exact) mass is 366 g/mol. The highest BCUT2D eigenvalue weighted by molar-refractivity contribution is 14.1. The van der Waals surface area contributed by atoms with E-state index in [0.29, 0.717) is 12.1 Å². The van der Waals surface area contributed by atoms with Crippen LogP contribution in [0, 0.1) is 13.7 Å². The lowest BCUT2D eigenvalue weighted by molar-refractivity contribution is -0.384. The first kappa shape index (κ1) is 15.1. The predicted octanol–water partition coefficient (Wildman–Crippen LogP) is 1.74. The number of hydrogen-bond acceptors (Lipinski definition) is 5. The number of rotatable bonds is 6. The molecule has 0 saturated carbocycles. The zero-order valence-corrected chi connectivity index (χ0v) is 12.0. The molecule has 0 aliphatic rings. The van der Waals surface area contributed by atoms with Crippen molar-refractivity contribution in [3.05, 3.63) is 31.9 Å². The normalized spacial score (nSPS) is 11.3. The Hall–Kier alpha value is -0.930. The Morgan fingerprint density at radius 1 is 1.44 bits per heavy atom. The lowest BCUT2D eigenvalue weighted by Crippen LogP contribution is -2.45. The lowest BCUT2D eigenvalue weighted by atomic mass is 9.98. The van der Waals surface area contributed by atoms with Gasteiger partial charge in [-0.25, -0.2) is 0 Å². The lowest BCUT2D eigenvalue weighted by Gasteiger charge is -2.30. The number of nitro benzene ring substituents is 1. The van der Waals surface area contributed by atoms with Crippen LogP contribution in [0.4, 0.5) is 11.4 Å². The molecule has 3 N–H and O–H groups in total. The van der Waals surface area contributed by atoms with Gasteiger partial charge in [-0.3, -0.25) is 10.1 Å². The van der Waals surface area contributed by atoms with E-state index in [2.05, 4.69) is 5.32 Å². The minimum atomic E-state index is -0.947. The van der Waals surface area contributed by atoms with E-state index in [0.717, 1.165) is 3.57 Å². The summed E-state index contributed by atoms with van der Waals surface area (Å²) in [6, 6.07) is 4.75. The smallest absolute Gasteiger partial charge is 0.293 e. The van der Waals surface area contributed by atoms with Gasteiger partial charge in [-0.1, -0.05) is 6.92 Å². The summed E-state index contributed by atoms with van der Waals surface area (Å²) in [5.41, 5.74) is -0.718. The van der Waals surface area contributed by atoms with Crippen LogP contribution in [0.15, 0.2) is 18.2 Å². The molecular formula is C11H15IN2O4. The average molecular weight is 366 g/mol. The molecule has 1 aromatic carbocycles. The quantitative estimate of drug-likeness (QED) is 0.405. The third kappa shape index (κ3) is 3.30. The van der Waals surface area contributed by atoms with E-state index in [-0.39, 0.29) is 18.9 Å². The first-order chi connectivity index (χ1) is 8.48. The van der Waals surface area contributed by atoms with Crippen molar-refractivity contribution in [2.24, 2.45) is 0 Å². The Balaban J connectivity index is 3.13. The van der Waals surface area contributed by atoms with Crippen molar-refractivity contribution in [1.82, 2.24) is 0 Å². The maximum atomic E-state index is 11.0. The van der Waals surface area contributed by atoms with Crippen molar-refractivity contribution in [2.45, 2.75) is 18.9 Å². The fraction of sp³-hybridized carbons (Fsp3) is 0.455. The summed E-state index contributed by atoms with van der Waals surface area (Å²) in [6.45, 7) is 1.18. The summed E-state index contributed by atoms with van der Waals surface area (Å²) in [5, 5.41) is 32.5. The first-order valence-electron chi connectivity index (χ1n) is 5.42. The first-order valence-corrected chi connectivity index (χ1v) is 6.49. The van der Waals surface area contributed by atoms with Gasteiger partial charge in [-0.2, -0.15) is 0 Å². The number of hydrogen-bond donors (Lipinski definition) is 3. The van der Waals surface area contributed by atoms with Gasteiger partial charge in [0.25, 0.3) is 5.69 Å². The van der Waals surface area contributed by atoms with Crippen LogP contribution >= 0.6 is 22.6 Å². The molecule has 18 heavy (non-hydrogen) atoms. The van der Waals surface area contributed by atoms with Crippen LogP contribution in [0.5, 0.6) is 0 Å². The number of nitrogens with one attached hydrogen (secondary N) is 1. The molecule has 1 rings (SSSR count). The minimum Gasteiger partial charge on any atom is -0.394 e. The molecular weight excluding hydrogens is 351 g/mol. The van der Waals surface area contributed by atoms with Gasteiger partial charge >= 0.3 is 0 Å². The number of nitro groups is 1. The summed E-state index contributed by atoms with van der Waals surface area (Å²) < 4.78 is 0.750. The molecule has 1 aromatic rings. The SMILES string of the molecule is CCC(CO)(CO)Nc1ccc(I)cc1[N+](=O)[O-]. The molecule has 0 bridgehead atoms. The van der Waals surface area contributed by atoms with Crippen LogP contribution in [-0.2, 0) is 0 Å². The van der Waals surface area contributed by atoms with Crippen LogP contribution < -0.4 is 5.32 Å². The predicted molar refractivity (Wildman–Crippen MR) is 76.6 cm³/mol. The van der Waals surface area contributed by atoms with Crippen LogP contribution in [0.1, 0.15) is 13.3 Å². The molecule has 0 amide bonds. The zero-order valence-electron chi connectivity index (χ0n) is 9.89. The largest absolute Gasteiger partial charge is 0.394 e. The van der Waals surface area contributed by atoms with E-state index in [1.165, 1.54) is 6.07 Å². The number of nitrogens with zero attached hydrogens (tertiary/aromatic N) is 1. The minimum absolute atomic E-state index is 0.0679. The van der Waals surface area contributed by atoms with Gasteiger partial charge in [0.05, 0.1) is 23.7 Å². The third-order valence-corrected chi connectivity index (χ3v) is 3.51. The van der Waals surface area contributed by atoms with E-state index in [1.54, 1.807) is 19.1 Å². The maximum absolute atomic E-state index is 11.0. The van der Waals surface area contributed by atoms with Crippen molar-refractivity contribution in [2.75, 3.05) is 18.5 Å². The van der Waals surface area contributed by atoms with Gasteiger partial charge in [-0.05, 0) is 41.1 Å². The second kappa shape index (κ2) is 6.30. The third-order valence-electron chi connectivity index (χ3n) is 2.84. The van der Waals surface area contributed by atoms with Gasteiger partial charge < -0.3 is 15.5 Å². The Kier molecular flexibility index (Phi) is 5.29. The molecule has 0 aliphatic carbocycles. The Morgan fingerprint density at radius 3 is 2.50 bits per heavy atom. The topological polar surface area (TPSA) is 95.6 Å². The molecule has 100 valence electrons. The van der Waals surface area contributed by atoms with Crippen molar-refractivity contribution in [3.63, 3.8) is 0 Å². The van der Waals surface area contributed by atoms with Crippen molar-refractivity contribution in [1.29, 1.82) is 0 Å². The molecule has 0 atom stereocenters. The standard InChI is InChI=1S/C11H15IN2O4/c1-2-11(6-15,7-16)13-9-4-3-8(12)5-10(9)14(17)18/h3-5,13,15-16H,2,6-7H2,1H3. The van der Waals surface area contributed by atoms with E-state index >= 15 is 0 Å². The second-order valence-electron chi connectivity index (χ2n) is 3.99. The molecule has 0 fully saturated rings. The summed E-state index contributed by atoms with van der Waals surface area (Å²) in [5.74, 6) is 0. The van der Waals surface area contributed by atoms with E-state index < -0.39 is 10.5 Å². The van der Waals surface area contributed by atoms with E-state index in [9.17, 15) is 20.3 Å².